The number of benzene rings is 2. The van der Waals surface area contributed by atoms with Gasteiger partial charge in [-0.3, -0.25) is 4.79 Å². The van der Waals surface area contributed by atoms with Gasteiger partial charge in [0.15, 0.2) is 0 Å². The molecule has 0 aromatic heterocycles. The fourth-order valence-electron chi connectivity index (χ4n) is 3.14. The van der Waals surface area contributed by atoms with Crippen LogP contribution in [0.5, 0.6) is 0 Å². The summed E-state index contributed by atoms with van der Waals surface area (Å²) in [6.07, 6.45) is 4.27. The van der Waals surface area contributed by atoms with Crippen LogP contribution in [0.25, 0.3) is 0 Å². The van der Waals surface area contributed by atoms with E-state index in [9.17, 15) is 4.79 Å². The van der Waals surface area contributed by atoms with E-state index in [0.29, 0.717) is 10.6 Å². The van der Waals surface area contributed by atoms with E-state index in [-0.39, 0.29) is 11.4 Å². The zero-order chi connectivity index (χ0) is 14.7. The minimum Gasteiger partial charge on any atom is -0.343 e. The fraction of sp³-hybridized carbons (Fsp3) is 0.278. The first-order valence-corrected chi connectivity index (χ1v) is 7.71. The third-order valence-corrected chi connectivity index (χ3v) is 4.46. The Hall–Kier alpha value is -1.80. The summed E-state index contributed by atoms with van der Waals surface area (Å²) in [5, 5.41) is 3.84. The van der Waals surface area contributed by atoms with E-state index in [0.717, 1.165) is 25.7 Å². The first kappa shape index (κ1) is 14.2. The van der Waals surface area contributed by atoms with Crippen molar-refractivity contribution in [3.8, 4) is 0 Å². The third kappa shape index (κ3) is 2.96. The van der Waals surface area contributed by atoms with Gasteiger partial charge in [0.05, 0.1) is 5.54 Å². The van der Waals surface area contributed by atoms with Gasteiger partial charge in [-0.1, -0.05) is 60.8 Å². The van der Waals surface area contributed by atoms with E-state index in [1.807, 2.05) is 18.2 Å². The van der Waals surface area contributed by atoms with Crippen molar-refractivity contribution in [3.63, 3.8) is 0 Å². The SMILES string of the molecule is O=C(NC1(c2ccccc2)CCCC1)c1cccc(Cl)c1. The number of nitrogens with one attached hydrogen (secondary N) is 1. The van der Waals surface area contributed by atoms with Gasteiger partial charge in [0.1, 0.15) is 0 Å². The lowest BCUT2D eigenvalue weighted by molar-refractivity contribution is 0.0898. The van der Waals surface area contributed by atoms with Crippen LogP contribution in [0.1, 0.15) is 41.6 Å². The molecule has 1 saturated carbocycles. The maximum atomic E-state index is 12.6. The molecule has 3 rings (SSSR count). The highest BCUT2D eigenvalue weighted by Gasteiger charge is 2.37. The summed E-state index contributed by atoms with van der Waals surface area (Å²) in [5.41, 5.74) is 1.57. The summed E-state index contributed by atoms with van der Waals surface area (Å²) in [5.74, 6) is -0.0525. The summed E-state index contributed by atoms with van der Waals surface area (Å²) in [7, 11) is 0. The van der Waals surface area contributed by atoms with Crippen LogP contribution < -0.4 is 5.32 Å². The quantitative estimate of drug-likeness (QED) is 0.886. The number of hydrogen-bond donors (Lipinski definition) is 1. The zero-order valence-corrected chi connectivity index (χ0v) is 12.6. The van der Waals surface area contributed by atoms with E-state index in [4.69, 9.17) is 11.6 Å². The molecule has 0 aliphatic heterocycles. The smallest absolute Gasteiger partial charge is 0.252 e. The van der Waals surface area contributed by atoms with Crippen LogP contribution in [0, 0.1) is 0 Å². The lowest BCUT2D eigenvalue weighted by atomic mass is 9.88. The Labute approximate surface area is 130 Å². The van der Waals surface area contributed by atoms with Gasteiger partial charge in [-0.2, -0.15) is 0 Å². The number of carbonyl (C=O) groups excluding carboxylic acids is 1. The van der Waals surface area contributed by atoms with E-state index < -0.39 is 0 Å². The summed E-state index contributed by atoms with van der Waals surface area (Å²) in [4.78, 5) is 12.6. The fourth-order valence-corrected chi connectivity index (χ4v) is 3.33. The molecule has 1 aliphatic carbocycles. The molecule has 2 aromatic carbocycles. The number of amides is 1. The van der Waals surface area contributed by atoms with E-state index in [1.54, 1.807) is 24.3 Å². The molecule has 108 valence electrons. The summed E-state index contributed by atoms with van der Waals surface area (Å²) < 4.78 is 0. The van der Waals surface area contributed by atoms with Gasteiger partial charge in [0.2, 0.25) is 0 Å². The van der Waals surface area contributed by atoms with E-state index >= 15 is 0 Å². The molecule has 1 N–H and O–H groups in total. The molecule has 0 saturated heterocycles. The second kappa shape index (κ2) is 5.90. The summed E-state index contributed by atoms with van der Waals surface area (Å²) in [6, 6.07) is 17.4. The predicted octanol–water partition coefficient (Wildman–Crippen LogP) is 4.54. The average molecular weight is 300 g/mol. The average Bonchev–Trinajstić information content (AvgIpc) is 2.98. The molecule has 1 aliphatic rings. The van der Waals surface area contributed by atoms with Crippen LogP contribution in [0.3, 0.4) is 0 Å². The van der Waals surface area contributed by atoms with Crippen molar-refractivity contribution in [2.75, 3.05) is 0 Å². The van der Waals surface area contributed by atoms with Crippen LogP contribution >= 0.6 is 11.6 Å². The van der Waals surface area contributed by atoms with Crippen molar-refractivity contribution >= 4 is 17.5 Å². The molecule has 2 aromatic rings. The highest BCUT2D eigenvalue weighted by Crippen LogP contribution is 2.38. The Kier molecular flexibility index (Phi) is 3.98. The molecule has 2 nitrogen and oxygen atoms in total. The largest absolute Gasteiger partial charge is 0.343 e. The van der Waals surface area contributed by atoms with Crippen LogP contribution in [-0.2, 0) is 5.54 Å². The van der Waals surface area contributed by atoms with Gasteiger partial charge in [-0.25, -0.2) is 0 Å². The molecule has 1 fully saturated rings. The topological polar surface area (TPSA) is 29.1 Å². The number of rotatable bonds is 3. The third-order valence-electron chi connectivity index (χ3n) is 4.22. The second-order valence-corrected chi connectivity index (χ2v) is 6.06. The van der Waals surface area contributed by atoms with Crippen LogP contribution in [0.2, 0.25) is 5.02 Å². The Morgan fingerprint density at radius 1 is 1.00 bits per heavy atom. The molecule has 21 heavy (non-hydrogen) atoms. The molecular weight excluding hydrogens is 282 g/mol. The van der Waals surface area contributed by atoms with Crippen LogP contribution in [0.4, 0.5) is 0 Å². The van der Waals surface area contributed by atoms with Gasteiger partial charge in [-0.15, -0.1) is 0 Å². The van der Waals surface area contributed by atoms with Crippen molar-refractivity contribution in [3.05, 3.63) is 70.7 Å². The maximum absolute atomic E-state index is 12.6. The number of halogens is 1. The van der Waals surface area contributed by atoms with Crippen LogP contribution in [-0.4, -0.2) is 5.91 Å². The van der Waals surface area contributed by atoms with E-state index in [2.05, 4.69) is 17.4 Å². The maximum Gasteiger partial charge on any atom is 0.252 e. The Morgan fingerprint density at radius 3 is 2.38 bits per heavy atom. The molecule has 0 radical (unpaired) electrons. The standard InChI is InChI=1S/C18H18ClNO/c19-16-10-6-7-14(13-16)17(21)20-18(11-4-5-12-18)15-8-2-1-3-9-15/h1-3,6-10,13H,4-5,11-12H2,(H,20,21). The Morgan fingerprint density at radius 2 is 1.71 bits per heavy atom. The molecule has 1 amide bonds. The highest BCUT2D eigenvalue weighted by atomic mass is 35.5. The number of hydrogen-bond acceptors (Lipinski definition) is 1. The predicted molar refractivity (Wildman–Crippen MR) is 85.5 cm³/mol. The Balaban J connectivity index is 1.88. The van der Waals surface area contributed by atoms with Gasteiger partial charge >= 0.3 is 0 Å². The first-order valence-electron chi connectivity index (χ1n) is 7.33. The van der Waals surface area contributed by atoms with Crippen molar-refractivity contribution in [2.45, 2.75) is 31.2 Å². The molecule has 0 atom stereocenters. The lowest BCUT2D eigenvalue weighted by Gasteiger charge is -2.31. The number of carbonyl (C=O) groups is 1. The minimum absolute atomic E-state index is 0.0525. The van der Waals surface area contributed by atoms with Crippen molar-refractivity contribution in [1.82, 2.24) is 5.32 Å². The molecular formula is C18H18ClNO. The van der Waals surface area contributed by atoms with Gasteiger partial charge in [-0.05, 0) is 36.6 Å². The summed E-state index contributed by atoms with van der Waals surface area (Å²) >= 11 is 5.98. The van der Waals surface area contributed by atoms with Gasteiger partial charge in [0.25, 0.3) is 5.91 Å². The monoisotopic (exact) mass is 299 g/mol. The van der Waals surface area contributed by atoms with E-state index in [1.165, 1.54) is 5.56 Å². The Bertz CT molecular complexity index is 633. The second-order valence-electron chi connectivity index (χ2n) is 5.62. The lowest BCUT2D eigenvalue weighted by Crippen LogP contribution is -2.43. The van der Waals surface area contributed by atoms with Gasteiger partial charge < -0.3 is 5.32 Å². The van der Waals surface area contributed by atoms with Crippen LogP contribution in [0.15, 0.2) is 54.6 Å². The molecule has 3 heteroatoms. The summed E-state index contributed by atoms with van der Waals surface area (Å²) in [6.45, 7) is 0. The van der Waals surface area contributed by atoms with Crippen molar-refractivity contribution in [2.24, 2.45) is 0 Å². The highest BCUT2D eigenvalue weighted by molar-refractivity contribution is 6.30. The first-order chi connectivity index (χ1) is 10.2. The normalized spacial score (nSPS) is 16.6. The molecule has 0 heterocycles. The van der Waals surface area contributed by atoms with Gasteiger partial charge in [0, 0.05) is 10.6 Å². The van der Waals surface area contributed by atoms with Crippen molar-refractivity contribution < 1.29 is 4.79 Å². The molecule has 0 spiro atoms. The van der Waals surface area contributed by atoms with Crippen molar-refractivity contribution in [1.29, 1.82) is 0 Å². The molecule has 0 unspecified atom stereocenters. The minimum atomic E-state index is -0.235. The zero-order valence-electron chi connectivity index (χ0n) is 11.8. The molecule has 0 bridgehead atoms.